The summed E-state index contributed by atoms with van der Waals surface area (Å²) in [5.74, 6) is -0.151. The second-order valence-electron chi connectivity index (χ2n) is 3.25. The first-order valence-corrected chi connectivity index (χ1v) is 4.00. The van der Waals surface area contributed by atoms with Crippen LogP contribution in [0, 0.1) is 12.7 Å². The van der Waals surface area contributed by atoms with E-state index in [4.69, 9.17) is 0 Å². The molecule has 12 heavy (non-hydrogen) atoms. The Hall–Kier alpha value is -1.11. The summed E-state index contributed by atoms with van der Waals surface area (Å²) in [6.45, 7) is 5.88. The molecule has 0 spiro atoms. The first kappa shape index (κ1) is 8.98. The molecule has 0 N–H and O–H groups in total. The third-order valence-electron chi connectivity index (χ3n) is 1.60. The number of aryl methyl sites for hydroxylation is 1. The van der Waals surface area contributed by atoms with Crippen molar-refractivity contribution < 1.29 is 4.39 Å². The zero-order valence-corrected chi connectivity index (χ0v) is 7.69. The van der Waals surface area contributed by atoms with Crippen molar-refractivity contribution in [1.82, 2.24) is 0 Å². The summed E-state index contributed by atoms with van der Waals surface area (Å²) in [5.41, 5.74) is 2.87. The van der Waals surface area contributed by atoms with Crippen molar-refractivity contribution in [3.8, 4) is 0 Å². The van der Waals surface area contributed by atoms with Gasteiger partial charge in [-0.1, -0.05) is 23.3 Å². The molecule has 0 bridgehead atoms. The molecular formula is C11H13F. The molecule has 0 saturated carbocycles. The van der Waals surface area contributed by atoms with E-state index in [1.54, 1.807) is 6.07 Å². The molecule has 64 valence electrons. The maximum Gasteiger partial charge on any atom is 0.130 e. The highest BCUT2D eigenvalue weighted by Crippen LogP contribution is 2.13. The SMILES string of the molecule is CC(C)=Cc1cc(C)ccc1F. The fraction of sp³-hybridized carbons (Fsp3) is 0.273. The van der Waals surface area contributed by atoms with Crippen LogP contribution in [0.3, 0.4) is 0 Å². The van der Waals surface area contributed by atoms with Gasteiger partial charge in [-0.2, -0.15) is 0 Å². The Balaban J connectivity index is 3.14. The summed E-state index contributed by atoms with van der Waals surface area (Å²) < 4.78 is 13.1. The van der Waals surface area contributed by atoms with Crippen molar-refractivity contribution in [3.63, 3.8) is 0 Å². The van der Waals surface area contributed by atoms with E-state index in [2.05, 4.69) is 0 Å². The molecular weight excluding hydrogens is 151 g/mol. The van der Waals surface area contributed by atoms with E-state index in [-0.39, 0.29) is 5.82 Å². The Morgan fingerprint density at radius 2 is 2.00 bits per heavy atom. The second kappa shape index (κ2) is 3.53. The topological polar surface area (TPSA) is 0 Å². The zero-order valence-electron chi connectivity index (χ0n) is 7.69. The third-order valence-corrected chi connectivity index (χ3v) is 1.60. The summed E-state index contributed by atoms with van der Waals surface area (Å²) in [7, 11) is 0. The number of allylic oxidation sites excluding steroid dienone is 1. The second-order valence-corrected chi connectivity index (χ2v) is 3.25. The number of halogens is 1. The lowest BCUT2D eigenvalue weighted by atomic mass is 10.1. The van der Waals surface area contributed by atoms with Gasteiger partial charge in [0.1, 0.15) is 5.82 Å². The van der Waals surface area contributed by atoms with Gasteiger partial charge in [-0.3, -0.25) is 0 Å². The minimum atomic E-state index is -0.151. The van der Waals surface area contributed by atoms with E-state index >= 15 is 0 Å². The Morgan fingerprint density at radius 1 is 1.33 bits per heavy atom. The van der Waals surface area contributed by atoms with E-state index in [1.807, 2.05) is 32.9 Å². The Labute approximate surface area is 72.7 Å². The standard InChI is InChI=1S/C11H13F/c1-8(2)6-10-7-9(3)4-5-11(10)12/h4-7H,1-3H3. The van der Waals surface area contributed by atoms with Crippen LogP contribution in [0.4, 0.5) is 4.39 Å². The minimum absolute atomic E-state index is 0.151. The molecule has 1 aromatic rings. The lowest BCUT2D eigenvalue weighted by Gasteiger charge is -1.99. The maximum absolute atomic E-state index is 13.1. The van der Waals surface area contributed by atoms with Crippen molar-refractivity contribution in [1.29, 1.82) is 0 Å². The van der Waals surface area contributed by atoms with Crippen LogP contribution in [0.2, 0.25) is 0 Å². The van der Waals surface area contributed by atoms with Crippen LogP contribution in [0.1, 0.15) is 25.0 Å². The maximum atomic E-state index is 13.1. The Kier molecular flexibility index (Phi) is 2.64. The molecule has 1 heteroatoms. The molecule has 0 amide bonds. The number of rotatable bonds is 1. The fourth-order valence-electron chi connectivity index (χ4n) is 1.08. The third kappa shape index (κ3) is 2.19. The highest BCUT2D eigenvalue weighted by Gasteiger charge is 1.97. The molecule has 1 rings (SSSR count). The number of hydrogen-bond acceptors (Lipinski definition) is 0. The normalized spacial score (nSPS) is 9.67. The van der Waals surface area contributed by atoms with Gasteiger partial charge in [0.05, 0.1) is 0 Å². The Bertz CT molecular complexity index is 307. The van der Waals surface area contributed by atoms with Crippen molar-refractivity contribution >= 4 is 6.08 Å². The van der Waals surface area contributed by atoms with Crippen LogP contribution in [-0.4, -0.2) is 0 Å². The van der Waals surface area contributed by atoms with Gasteiger partial charge in [-0.15, -0.1) is 0 Å². The first-order valence-electron chi connectivity index (χ1n) is 4.00. The van der Waals surface area contributed by atoms with Gasteiger partial charge < -0.3 is 0 Å². The van der Waals surface area contributed by atoms with Crippen LogP contribution >= 0.6 is 0 Å². The summed E-state index contributed by atoms with van der Waals surface area (Å²) in [6.07, 6.45) is 1.85. The largest absolute Gasteiger partial charge is 0.206 e. The smallest absolute Gasteiger partial charge is 0.130 e. The summed E-state index contributed by atoms with van der Waals surface area (Å²) >= 11 is 0. The fourth-order valence-corrected chi connectivity index (χ4v) is 1.08. The molecule has 0 radical (unpaired) electrons. The van der Waals surface area contributed by atoms with Gasteiger partial charge in [-0.05, 0) is 32.9 Å². The van der Waals surface area contributed by atoms with Crippen molar-refractivity contribution in [2.24, 2.45) is 0 Å². The summed E-state index contributed by atoms with van der Waals surface area (Å²) in [4.78, 5) is 0. The lowest BCUT2D eigenvalue weighted by molar-refractivity contribution is 0.624. The quantitative estimate of drug-likeness (QED) is 0.595. The average Bonchev–Trinajstić information content (AvgIpc) is 1.96. The first-order chi connectivity index (χ1) is 5.59. The molecule has 1 aromatic carbocycles. The Morgan fingerprint density at radius 3 is 2.58 bits per heavy atom. The molecule has 0 aromatic heterocycles. The molecule has 0 aliphatic rings. The predicted octanol–water partition coefficient (Wildman–Crippen LogP) is 3.56. The van der Waals surface area contributed by atoms with Crippen molar-refractivity contribution in [3.05, 3.63) is 40.7 Å². The predicted molar refractivity (Wildman–Crippen MR) is 50.5 cm³/mol. The molecule has 0 heterocycles. The number of hydrogen-bond donors (Lipinski definition) is 0. The molecule has 0 saturated heterocycles. The van der Waals surface area contributed by atoms with Gasteiger partial charge in [0.15, 0.2) is 0 Å². The summed E-state index contributed by atoms with van der Waals surface area (Å²) in [5, 5.41) is 0. The van der Waals surface area contributed by atoms with Crippen LogP contribution < -0.4 is 0 Å². The number of benzene rings is 1. The van der Waals surface area contributed by atoms with Gasteiger partial charge in [0.2, 0.25) is 0 Å². The summed E-state index contributed by atoms with van der Waals surface area (Å²) in [6, 6.07) is 5.13. The molecule has 0 atom stereocenters. The van der Waals surface area contributed by atoms with Crippen LogP contribution in [0.5, 0.6) is 0 Å². The average molecular weight is 164 g/mol. The minimum Gasteiger partial charge on any atom is -0.206 e. The van der Waals surface area contributed by atoms with Gasteiger partial charge in [-0.25, -0.2) is 4.39 Å². The molecule has 0 aliphatic carbocycles. The van der Waals surface area contributed by atoms with E-state index in [0.717, 1.165) is 11.1 Å². The molecule has 0 fully saturated rings. The lowest BCUT2D eigenvalue weighted by Crippen LogP contribution is -1.83. The zero-order chi connectivity index (χ0) is 9.14. The highest BCUT2D eigenvalue weighted by atomic mass is 19.1. The van der Waals surface area contributed by atoms with Gasteiger partial charge >= 0.3 is 0 Å². The molecule has 0 nitrogen and oxygen atoms in total. The van der Waals surface area contributed by atoms with Gasteiger partial charge in [0, 0.05) is 5.56 Å². The van der Waals surface area contributed by atoms with E-state index in [0.29, 0.717) is 5.56 Å². The van der Waals surface area contributed by atoms with Crippen LogP contribution in [-0.2, 0) is 0 Å². The van der Waals surface area contributed by atoms with Gasteiger partial charge in [0.25, 0.3) is 0 Å². The highest BCUT2D eigenvalue weighted by molar-refractivity contribution is 5.53. The van der Waals surface area contributed by atoms with E-state index in [9.17, 15) is 4.39 Å². The van der Waals surface area contributed by atoms with E-state index in [1.165, 1.54) is 6.07 Å². The van der Waals surface area contributed by atoms with E-state index < -0.39 is 0 Å². The molecule has 0 aliphatic heterocycles. The molecule has 0 unspecified atom stereocenters. The van der Waals surface area contributed by atoms with Crippen molar-refractivity contribution in [2.45, 2.75) is 20.8 Å². The van der Waals surface area contributed by atoms with Crippen LogP contribution in [0.25, 0.3) is 6.08 Å². The van der Waals surface area contributed by atoms with Crippen LogP contribution in [0.15, 0.2) is 23.8 Å². The monoisotopic (exact) mass is 164 g/mol. The van der Waals surface area contributed by atoms with Crippen molar-refractivity contribution in [2.75, 3.05) is 0 Å².